The number of primary amides is 1. The van der Waals surface area contributed by atoms with Gasteiger partial charge in [0.2, 0.25) is 47.3 Å². The van der Waals surface area contributed by atoms with Gasteiger partial charge in [-0.05, 0) is 77.3 Å². The van der Waals surface area contributed by atoms with E-state index < -0.39 is 146 Å². The number of aliphatic carboxylic acids is 3. The molecule has 330 valence electrons. The average molecular weight is 858 g/mol. The number of hydrogen-bond donors (Lipinski definition) is 11. The highest BCUT2D eigenvalue weighted by Gasteiger charge is 2.40. The number of thioether (sulfide) groups is 1. The van der Waals surface area contributed by atoms with Gasteiger partial charge in [0, 0.05) is 19.4 Å². The number of amides is 8. The van der Waals surface area contributed by atoms with Crippen molar-refractivity contribution in [3.8, 4) is 0 Å². The summed E-state index contributed by atoms with van der Waals surface area (Å²) in [6.45, 7) is 3.11. The molecule has 2 aliphatic rings. The lowest BCUT2D eigenvalue weighted by Gasteiger charge is -2.30. The highest BCUT2D eigenvalue weighted by molar-refractivity contribution is 7.98. The van der Waals surface area contributed by atoms with Crippen LogP contribution in [0.2, 0.25) is 0 Å². The van der Waals surface area contributed by atoms with Crippen LogP contribution in [0.5, 0.6) is 0 Å². The van der Waals surface area contributed by atoms with Gasteiger partial charge < -0.3 is 63.2 Å². The Morgan fingerprint density at radius 2 is 1.22 bits per heavy atom. The Morgan fingerprint density at radius 3 is 1.76 bits per heavy atom. The maximum atomic E-state index is 13.7. The summed E-state index contributed by atoms with van der Waals surface area (Å²) in [7, 11) is 0. The van der Waals surface area contributed by atoms with Gasteiger partial charge in [0.15, 0.2) is 0 Å². The van der Waals surface area contributed by atoms with Crippen LogP contribution < -0.4 is 43.0 Å². The molecule has 0 aromatic heterocycles. The first kappa shape index (κ1) is 49.6. The molecule has 23 nitrogen and oxygen atoms in total. The van der Waals surface area contributed by atoms with E-state index >= 15 is 0 Å². The molecule has 0 radical (unpaired) electrons. The van der Waals surface area contributed by atoms with Crippen molar-refractivity contribution in [1.29, 1.82) is 0 Å². The normalized spacial score (nSPS) is 19.1. The minimum Gasteiger partial charge on any atom is -0.481 e. The van der Waals surface area contributed by atoms with Gasteiger partial charge in [-0.15, -0.1) is 0 Å². The first-order chi connectivity index (χ1) is 27.7. The predicted octanol–water partition coefficient (Wildman–Crippen LogP) is -3.88. The fourth-order valence-corrected chi connectivity index (χ4v) is 6.74. The molecule has 12 N–H and O–H groups in total. The summed E-state index contributed by atoms with van der Waals surface area (Å²) >= 11 is 1.42. The third-order valence-electron chi connectivity index (χ3n) is 9.52. The van der Waals surface area contributed by atoms with Crippen LogP contribution in [0.3, 0.4) is 0 Å². The molecule has 0 unspecified atom stereocenters. The van der Waals surface area contributed by atoms with E-state index in [1.165, 1.54) is 25.6 Å². The van der Waals surface area contributed by atoms with E-state index in [0.717, 1.165) is 11.3 Å². The third-order valence-corrected chi connectivity index (χ3v) is 10.2. The summed E-state index contributed by atoms with van der Waals surface area (Å²) in [4.78, 5) is 139. The zero-order valence-corrected chi connectivity index (χ0v) is 33.9. The molecule has 0 bridgehead atoms. The number of nitrogens with two attached hydrogens (primary N) is 1. The predicted molar refractivity (Wildman–Crippen MR) is 207 cm³/mol. The smallest absolute Gasteiger partial charge is 0.326 e. The Morgan fingerprint density at radius 1 is 0.678 bits per heavy atom. The Labute approximate surface area is 343 Å². The van der Waals surface area contributed by atoms with Crippen LogP contribution in [-0.2, 0) is 52.7 Å². The summed E-state index contributed by atoms with van der Waals surface area (Å²) in [6, 6.07) is -10.1. The second kappa shape index (κ2) is 24.4. The Hall–Kier alpha value is -5.52. The van der Waals surface area contributed by atoms with Gasteiger partial charge in [0.25, 0.3) is 0 Å². The van der Waals surface area contributed by atoms with Crippen LogP contribution in [0.15, 0.2) is 0 Å². The highest BCUT2D eigenvalue weighted by Crippen LogP contribution is 2.20. The Kier molecular flexibility index (Phi) is 20.5. The van der Waals surface area contributed by atoms with E-state index in [9.17, 15) is 63.0 Å². The molecule has 0 saturated carbocycles. The van der Waals surface area contributed by atoms with E-state index in [2.05, 4.69) is 37.2 Å². The molecular formula is C35H55N9O14S. The number of hydrogen-bond acceptors (Lipinski definition) is 13. The maximum absolute atomic E-state index is 13.7. The molecule has 2 saturated heterocycles. The van der Waals surface area contributed by atoms with Crippen molar-refractivity contribution in [2.75, 3.05) is 25.1 Å². The molecule has 2 aliphatic heterocycles. The van der Waals surface area contributed by atoms with Crippen molar-refractivity contribution >= 4 is 76.9 Å². The summed E-state index contributed by atoms with van der Waals surface area (Å²) in [6.07, 6.45) is 1.09. The van der Waals surface area contributed by atoms with Gasteiger partial charge in [-0.2, -0.15) is 11.8 Å². The zero-order valence-electron chi connectivity index (χ0n) is 33.1. The average Bonchev–Trinajstić information content (AvgIpc) is 3.89. The second-order valence-corrected chi connectivity index (χ2v) is 15.2. The van der Waals surface area contributed by atoms with E-state index in [4.69, 9.17) is 10.8 Å². The van der Waals surface area contributed by atoms with E-state index in [-0.39, 0.29) is 19.4 Å². The lowest BCUT2D eigenvalue weighted by atomic mass is 10.1. The van der Waals surface area contributed by atoms with E-state index in [1.54, 1.807) is 6.26 Å². The van der Waals surface area contributed by atoms with Gasteiger partial charge >= 0.3 is 17.9 Å². The first-order valence-corrected chi connectivity index (χ1v) is 20.4. The summed E-state index contributed by atoms with van der Waals surface area (Å²) in [5.41, 5.74) is 5.33. The monoisotopic (exact) mass is 857 g/mol. The molecule has 2 fully saturated rings. The largest absolute Gasteiger partial charge is 0.481 e. The molecule has 2 heterocycles. The lowest BCUT2D eigenvalue weighted by Crippen LogP contribution is -2.59. The minimum atomic E-state index is -1.57. The summed E-state index contributed by atoms with van der Waals surface area (Å²) in [5, 5.41) is 45.1. The highest BCUT2D eigenvalue weighted by atomic mass is 32.2. The molecule has 59 heavy (non-hydrogen) atoms. The van der Waals surface area contributed by atoms with Crippen LogP contribution in [-0.4, -0.2) is 159 Å². The molecule has 0 aromatic rings. The minimum absolute atomic E-state index is 0.00498. The molecule has 8 atom stereocenters. The quantitative estimate of drug-likeness (QED) is 0.0418. The number of carbonyl (C=O) groups is 11. The van der Waals surface area contributed by atoms with Crippen molar-refractivity contribution in [2.24, 2.45) is 5.73 Å². The molecule has 24 heteroatoms. The molecular weight excluding hydrogens is 803 g/mol. The number of carboxylic acids is 3. The fraction of sp³-hybridized carbons (Fsp3) is 0.686. The Balaban J connectivity index is 2.10. The third kappa shape index (κ3) is 16.7. The number of carbonyl (C=O) groups excluding carboxylic acids is 8. The van der Waals surface area contributed by atoms with Gasteiger partial charge in [-0.1, -0.05) is 0 Å². The van der Waals surface area contributed by atoms with E-state index in [1.807, 2.05) is 0 Å². The number of rotatable bonds is 25. The lowest BCUT2D eigenvalue weighted by molar-refractivity contribution is -0.145. The number of nitrogens with one attached hydrogen (secondary N) is 7. The zero-order chi connectivity index (χ0) is 44.4. The Bertz CT molecular complexity index is 1590. The molecule has 0 aromatic carbocycles. The van der Waals surface area contributed by atoms with Crippen LogP contribution >= 0.6 is 11.8 Å². The maximum Gasteiger partial charge on any atom is 0.326 e. The standard InChI is InChI=1S/C35H55N9O14S/c1-17(39-32(54)23(16-25(36)45)43-31(53)20(12-15-59-3)40-30(52)19-6-4-13-37-19)28(50)38-18(2)29(51)41-21(8-10-26(46)47)34(56)44-14-5-7-24(44)33(55)42-22(35(57)58)9-11-27(48)49/h17-24,37H,4-16H2,1-3H3,(H2,36,45)(H,38,50)(H,39,54)(H,40,52)(H,41,51)(H,42,55)(H,43,53)(H,46,47)(H,48,49)(H,57,58)/t17-,18-,19-,20-,21-,22-,23-,24-/m0/s1. The first-order valence-electron chi connectivity index (χ1n) is 19.0. The van der Waals surface area contributed by atoms with Gasteiger partial charge in [0.1, 0.15) is 42.3 Å². The number of carboxylic acid groups (broad SMARTS) is 3. The topological polar surface area (TPSA) is 362 Å². The van der Waals surface area contributed by atoms with E-state index in [0.29, 0.717) is 25.1 Å². The van der Waals surface area contributed by atoms with Crippen molar-refractivity contribution in [1.82, 2.24) is 42.1 Å². The van der Waals surface area contributed by atoms with Crippen molar-refractivity contribution in [2.45, 2.75) is 126 Å². The van der Waals surface area contributed by atoms with Crippen molar-refractivity contribution in [3.63, 3.8) is 0 Å². The molecule has 8 amide bonds. The van der Waals surface area contributed by atoms with Crippen molar-refractivity contribution < 1.29 is 68.1 Å². The van der Waals surface area contributed by atoms with Crippen LogP contribution in [0.4, 0.5) is 0 Å². The van der Waals surface area contributed by atoms with Crippen LogP contribution in [0.1, 0.15) is 78.1 Å². The fourth-order valence-electron chi connectivity index (χ4n) is 6.27. The van der Waals surface area contributed by atoms with Crippen molar-refractivity contribution in [3.05, 3.63) is 0 Å². The van der Waals surface area contributed by atoms with Gasteiger partial charge in [-0.25, -0.2) is 4.79 Å². The van der Waals surface area contributed by atoms with Crippen LogP contribution in [0.25, 0.3) is 0 Å². The summed E-state index contributed by atoms with van der Waals surface area (Å²) < 4.78 is 0. The molecule has 0 spiro atoms. The molecule has 0 aliphatic carbocycles. The van der Waals surface area contributed by atoms with Gasteiger partial charge in [-0.3, -0.25) is 47.9 Å². The van der Waals surface area contributed by atoms with Gasteiger partial charge in [0.05, 0.1) is 12.5 Å². The number of likely N-dealkylation sites (tertiary alicyclic amines) is 1. The second-order valence-electron chi connectivity index (χ2n) is 14.2. The molecule has 2 rings (SSSR count). The SMILES string of the molecule is CSCC[C@H](NC(=O)[C@@H]1CCCN1)C(=O)N[C@@H](CC(N)=O)C(=O)N[C@@H](C)C(=O)N[C@@H](C)C(=O)N[C@@H](CCC(=O)O)C(=O)N1CCC[C@H]1C(=O)N[C@@H](CCC(=O)O)C(=O)O. The number of nitrogens with zero attached hydrogens (tertiary/aromatic N) is 1. The summed E-state index contributed by atoms with van der Waals surface area (Å²) in [5.74, 6) is -10.3. The van der Waals surface area contributed by atoms with Crippen LogP contribution in [0, 0.1) is 0 Å².